The molecule has 0 amide bonds. The average molecular weight is 198 g/mol. The predicted octanol–water partition coefficient (Wildman–Crippen LogP) is 3.67. The van der Waals surface area contributed by atoms with Crippen LogP contribution in [0.2, 0.25) is 0 Å². The molecule has 0 aliphatic carbocycles. The van der Waals surface area contributed by atoms with Crippen molar-refractivity contribution in [3.63, 3.8) is 0 Å². The first-order chi connectivity index (χ1) is 6.81. The summed E-state index contributed by atoms with van der Waals surface area (Å²) in [6.45, 7) is 7.29. The number of benzene rings is 2. The molecule has 0 saturated carbocycles. The van der Waals surface area contributed by atoms with Crippen molar-refractivity contribution < 1.29 is 0 Å². The number of aliphatic imine (C=N–C) groups is 1. The summed E-state index contributed by atoms with van der Waals surface area (Å²) in [4.78, 5) is 3.82. The van der Waals surface area contributed by atoms with Gasteiger partial charge in [0, 0.05) is 5.56 Å². The van der Waals surface area contributed by atoms with Gasteiger partial charge in [0.1, 0.15) is 0 Å². The summed E-state index contributed by atoms with van der Waals surface area (Å²) in [6, 6.07) is 14.4. The maximum atomic E-state index is 3.82. The molecule has 2 heteroatoms. The number of hydrogen-bond acceptors (Lipinski definition) is 2. The Morgan fingerprint density at radius 2 is 1.67 bits per heavy atom. The van der Waals surface area contributed by atoms with Gasteiger partial charge >= 0.3 is 0 Å². The third kappa shape index (κ3) is 2.11. The molecule has 0 aromatic heterocycles. The van der Waals surface area contributed by atoms with Crippen molar-refractivity contribution in [3.05, 3.63) is 54.6 Å². The van der Waals surface area contributed by atoms with E-state index in [1.54, 1.807) is 0 Å². The highest BCUT2D eigenvalue weighted by Crippen LogP contribution is 2.20. The van der Waals surface area contributed by atoms with Crippen LogP contribution in [-0.2, 0) is 0 Å². The lowest BCUT2D eigenvalue weighted by molar-refractivity contribution is 1.56. The summed E-state index contributed by atoms with van der Waals surface area (Å²) in [5, 5.41) is 2.43. The number of nitrogens with zero attached hydrogens (tertiary/aromatic N) is 1. The van der Waals surface area contributed by atoms with E-state index in [1.165, 1.54) is 10.8 Å². The minimum Gasteiger partial charge on any atom is -0.344 e. The molecular weight excluding hydrogens is 184 g/mol. The molecule has 2 rings (SSSR count). The molecule has 0 atom stereocenters. The van der Waals surface area contributed by atoms with Crippen LogP contribution in [0.1, 0.15) is 5.56 Å². The van der Waals surface area contributed by atoms with Gasteiger partial charge < -0.3 is 6.15 Å². The summed E-state index contributed by atoms with van der Waals surface area (Å²) < 4.78 is 0. The molecule has 0 aliphatic rings. The second-order valence-electron chi connectivity index (χ2n) is 3.17. The Bertz CT molecular complexity index is 501. The first-order valence-electron chi connectivity index (χ1n) is 4.46. The summed E-state index contributed by atoms with van der Waals surface area (Å²) >= 11 is 0. The first-order valence-corrected chi connectivity index (χ1v) is 4.46. The minimum atomic E-state index is 0. The fraction of sp³-hybridized carbons (Fsp3) is 0. The SMILES string of the molecule is C=NC(=C)c1ccc2ccccc2c1.N. The molecule has 2 aromatic carbocycles. The Morgan fingerprint density at radius 1 is 1.00 bits per heavy atom. The monoisotopic (exact) mass is 198 g/mol. The fourth-order valence-electron chi connectivity index (χ4n) is 1.46. The number of rotatable bonds is 2. The van der Waals surface area contributed by atoms with Gasteiger partial charge in [-0.1, -0.05) is 43.0 Å². The van der Waals surface area contributed by atoms with Crippen molar-refractivity contribution in [2.75, 3.05) is 0 Å². The zero-order valence-corrected chi connectivity index (χ0v) is 8.61. The van der Waals surface area contributed by atoms with Gasteiger partial charge in [0.25, 0.3) is 0 Å². The van der Waals surface area contributed by atoms with Crippen LogP contribution in [0.4, 0.5) is 0 Å². The summed E-state index contributed by atoms with van der Waals surface area (Å²) in [5.74, 6) is 0. The summed E-state index contributed by atoms with van der Waals surface area (Å²) in [7, 11) is 0. The van der Waals surface area contributed by atoms with Crippen LogP contribution >= 0.6 is 0 Å². The zero-order valence-electron chi connectivity index (χ0n) is 8.61. The van der Waals surface area contributed by atoms with E-state index in [0.717, 1.165) is 11.3 Å². The van der Waals surface area contributed by atoms with Crippen molar-refractivity contribution in [2.24, 2.45) is 4.99 Å². The van der Waals surface area contributed by atoms with E-state index < -0.39 is 0 Å². The highest BCUT2D eigenvalue weighted by molar-refractivity contribution is 5.86. The van der Waals surface area contributed by atoms with Gasteiger partial charge in [-0.25, -0.2) is 0 Å². The Balaban J connectivity index is 0.00000112. The van der Waals surface area contributed by atoms with Crippen molar-refractivity contribution in [1.82, 2.24) is 6.15 Å². The van der Waals surface area contributed by atoms with E-state index in [1.807, 2.05) is 18.2 Å². The number of hydrogen-bond donors (Lipinski definition) is 1. The Labute approximate surface area is 89.5 Å². The molecule has 0 spiro atoms. The second-order valence-corrected chi connectivity index (χ2v) is 3.17. The summed E-state index contributed by atoms with van der Waals surface area (Å²) in [6.07, 6.45) is 0. The molecule has 76 valence electrons. The van der Waals surface area contributed by atoms with E-state index in [0.29, 0.717) is 0 Å². The van der Waals surface area contributed by atoms with Crippen molar-refractivity contribution in [1.29, 1.82) is 0 Å². The van der Waals surface area contributed by atoms with Crippen molar-refractivity contribution in [3.8, 4) is 0 Å². The molecule has 0 unspecified atom stereocenters. The molecule has 0 fully saturated rings. The third-order valence-corrected chi connectivity index (χ3v) is 2.27. The van der Waals surface area contributed by atoms with Crippen LogP contribution in [0.3, 0.4) is 0 Å². The lowest BCUT2D eigenvalue weighted by atomic mass is 10.1. The normalized spacial score (nSPS) is 9.33. The fourth-order valence-corrected chi connectivity index (χ4v) is 1.46. The standard InChI is InChI=1S/C13H11N.H3N/c1-10(14-2)12-8-7-11-5-3-4-6-13(11)9-12;/h3-9H,1-2H2;1H3. The topological polar surface area (TPSA) is 47.4 Å². The average Bonchev–Trinajstić information content (AvgIpc) is 2.27. The molecule has 0 bridgehead atoms. The highest BCUT2D eigenvalue weighted by Gasteiger charge is 1.97. The van der Waals surface area contributed by atoms with Gasteiger partial charge in [0.05, 0.1) is 5.70 Å². The zero-order chi connectivity index (χ0) is 9.97. The van der Waals surface area contributed by atoms with Crippen LogP contribution in [0, 0.1) is 0 Å². The van der Waals surface area contributed by atoms with Crippen LogP contribution in [0.15, 0.2) is 54.0 Å². The van der Waals surface area contributed by atoms with Gasteiger partial charge in [-0.3, -0.25) is 4.99 Å². The Kier molecular flexibility index (Phi) is 3.37. The van der Waals surface area contributed by atoms with Crippen LogP contribution in [-0.4, -0.2) is 6.72 Å². The Morgan fingerprint density at radius 3 is 2.33 bits per heavy atom. The van der Waals surface area contributed by atoms with Gasteiger partial charge in [0.2, 0.25) is 0 Å². The van der Waals surface area contributed by atoms with E-state index in [-0.39, 0.29) is 6.15 Å². The molecule has 0 heterocycles. The predicted molar refractivity (Wildman–Crippen MR) is 67.6 cm³/mol. The van der Waals surface area contributed by atoms with Gasteiger partial charge in [-0.15, -0.1) is 0 Å². The molecule has 15 heavy (non-hydrogen) atoms. The van der Waals surface area contributed by atoms with E-state index in [9.17, 15) is 0 Å². The number of fused-ring (bicyclic) bond motifs is 1. The minimum absolute atomic E-state index is 0. The van der Waals surface area contributed by atoms with Crippen molar-refractivity contribution >= 4 is 23.2 Å². The molecular formula is C13H14N2. The van der Waals surface area contributed by atoms with Gasteiger partial charge in [-0.05, 0) is 23.6 Å². The largest absolute Gasteiger partial charge is 0.344 e. The first kappa shape index (κ1) is 11.1. The molecule has 2 aromatic rings. The summed E-state index contributed by atoms with van der Waals surface area (Å²) in [5.41, 5.74) is 1.74. The quantitative estimate of drug-likeness (QED) is 0.735. The Hall–Kier alpha value is -1.93. The molecule has 0 radical (unpaired) electrons. The highest BCUT2D eigenvalue weighted by atomic mass is 14.7. The van der Waals surface area contributed by atoms with E-state index >= 15 is 0 Å². The lowest BCUT2D eigenvalue weighted by Crippen LogP contribution is -1.79. The maximum Gasteiger partial charge on any atom is 0.0623 e. The third-order valence-electron chi connectivity index (χ3n) is 2.27. The van der Waals surface area contributed by atoms with Gasteiger partial charge in [-0.2, -0.15) is 0 Å². The molecule has 0 aliphatic heterocycles. The molecule has 0 saturated heterocycles. The second kappa shape index (κ2) is 4.53. The van der Waals surface area contributed by atoms with E-state index in [4.69, 9.17) is 0 Å². The lowest BCUT2D eigenvalue weighted by Gasteiger charge is -2.02. The maximum absolute atomic E-state index is 3.82. The smallest absolute Gasteiger partial charge is 0.0623 e. The van der Waals surface area contributed by atoms with Crippen LogP contribution in [0.5, 0.6) is 0 Å². The van der Waals surface area contributed by atoms with Crippen molar-refractivity contribution in [2.45, 2.75) is 0 Å². The molecule has 3 N–H and O–H groups in total. The molecule has 2 nitrogen and oxygen atoms in total. The van der Waals surface area contributed by atoms with Crippen LogP contribution < -0.4 is 6.15 Å². The van der Waals surface area contributed by atoms with Gasteiger partial charge in [0.15, 0.2) is 0 Å². The van der Waals surface area contributed by atoms with E-state index in [2.05, 4.69) is 42.6 Å². The van der Waals surface area contributed by atoms with Crippen LogP contribution in [0.25, 0.3) is 16.5 Å².